The zero-order valence-electron chi connectivity index (χ0n) is 8.34. The number of hydrogen-bond acceptors (Lipinski definition) is 4. The Morgan fingerprint density at radius 1 is 1.07 bits per heavy atom. The second-order valence-corrected chi connectivity index (χ2v) is 4.24. The molecule has 2 N–H and O–H groups in total. The van der Waals surface area contributed by atoms with Crippen molar-refractivity contribution in [3.63, 3.8) is 0 Å². The van der Waals surface area contributed by atoms with E-state index in [2.05, 4.69) is 9.97 Å². The van der Waals surface area contributed by atoms with Gasteiger partial charge in [-0.1, -0.05) is 11.8 Å². The molecule has 3 nitrogen and oxygen atoms in total. The highest BCUT2D eigenvalue weighted by molar-refractivity contribution is 7.99. The van der Waals surface area contributed by atoms with Crippen molar-refractivity contribution in [3.8, 4) is 0 Å². The Morgan fingerprint density at radius 3 is 2.40 bits per heavy atom. The van der Waals surface area contributed by atoms with Crippen molar-refractivity contribution in [2.24, 2.45) is 0 Å². The van der Waals surface area contributed by atoms with Gasteiger partial charge in [-0.15, -0.1) is 0 Å². The normalized spacial score (nSPS) is 10.2. The number of nitrogen functional groups attached to an aromatic ring is 1. The molecule has 2 aromatic heterocycles. The summed E-state index contributed by atoms with van der Waals surface area (Å²) in [5.74, 6) is 0. The van der Waals surface area contributed by atoms with Crippen molar-refractivity contribution in [1.29, 1.82) is 0 Å². The van der Waals surface area contributed by atoms with E-state index in [1.165, 1.54) is 4.90 Å². The van der Waals surface area contributed by atoms with Crippen LogP contribution in [0.5, 0.6) is 0 Å². The van der Waals surface area contributed by atoms with E-state index >= 15 is 0 Å². The maximum absolute atomic E-state index is 5.82. The highest BCUT2D eigenvalue weighted by Gasteiger charge is 2.03. The summed E-state index contributed by atoms with van der Waals surface area (Å²) in [6, 6.07) is 3.90. The first-order chi connectivity index (χ1) is 7.27. The fraction of sp³-hybridized carbons (Fsp3) is 0.0909. The van der Waals surface area contributed by atoms with Gasteiger partial charge in [0.2, 0.25) is 0 Å². The quantitative estimate of drug-likeness (QED) is 0.839. The predicted octanol–water partition coefficient (Wildman–Crippen LogP) is 2.52. The molecule has 0 aliphatic rings. The van der Waals surface area contributed by atoms with Gasteiger partial charge < -0.3 is 5.73 Å². The van der Waals surface area contributed by atoms with E-state index in [4.69, 9.17) is 5.73 Å². The molecule has 0 saturated carbocycles. The minimum absolute atomic E-state index is 0.707. The van der Waals surface area contributed by atoms with Crippen LogP contribution in [0.4, 0.5) is 5.69 Å². The molecule has 0 fully saturated rings. The number of hydrogen-bond donors (Lipinski definition) is 1. The third-order valence-corrected chi connectivity index (χ3v) is 3.27. The van der Waals surface area contributed by atoms with E-state index in [1.54, 1.807) is 30.4 Å². The summed E-state index contributed by atoms with van der Waals surface area (Å²) in [5, 5.41) is 0. The van der Waals surface area contributed by atoms with Crippen molar-refractivity contribution in [1.82, 2.24) is 9.97 Å². The monoisotopic (exact) mass is 217 g/mol. The molecule has 0 aromatic carbocycles. The van der Waals surface area contributed by atoms with E-state index in [0.717, 1.165) is 10.5 Å². The van der Waals surface area contributed by atoms with Gasteiger partial charge in [0.05, 0.1) is 11.9 Å². The van der Waals surface area contributed by atoms with Gasteiger partial charge in [0, 0.05) is 28.4 Å². The van der Waals surface area contributed by atoms with Crippen LogP contribution in [-0.2, 0) is 0 Å². The second-order valence-electron chi connectivity index (χ2n) is 3.16. The zero-order chi connectivity index (χ0) is 10.7. The molecule has 0 aliphatic carbocycles. The van der Waals surface area contributed by atoms with Gasteiger partial charge in [0.1, 0.15) is 0 Å². The number of nitrogens with zero attached hydrogens (tertiary/aromatic N) is 2. The van der Waals surface area contributed by atoms with Crippen molar-refractivity contribution >= 4 is 17.4 Å². The molecule has 76 valence electrons. The number of nitrogens with two attached hydrogens (primary N) is 1. The van der Waals surface area contributed by atoms with Crippen LogP contribution in [0.3, 0.4) is 0 Å². The van der Waals surface area contributed by atoms with Crippen LogP contribution < -0.4 is 5.73 Å². The molecular weight excluding hydrogens is 206 g/mol. The number of pyridine rings is 2. The summed E-state index contributed by atoms with van der Waals surface area (Å²) in [4.78, 5) is 10.2. The number of anilines is 1. The Bertz CT molecular complexity index is 427. The molecule has 0 spiro atoms. The Morgan fingerprint density at radius 2 is 1.73 bits per heavy atom. The molecule has 0 saturated heterocycles. The lowest BCUT2D eigenvalue weighted by atomic mass is 10.3. The Kier molecular flexibility index (Phi) is 2.87. The fourth-order valence-electron chi connectivity index (χ4n) is 1.18. The molecule has 0 atom stereocenters. The molecule has 0 aliphatic heterocycles. The van der Waals surface area contributed by atoms with E-state index in [-0.39, 0.29) is 0 Å². The molecule has 0 bridgehead atoms. The Labute approximate surface area is 92.8 Å². The number of aromatic nitrogens is 2. The van der Waals surface area contributed by atoms with Gasteiger partial charge in [-0.2, -0.15) is 0 Å². The van der Waals surface area contributed by atoms with Gasteiger partial charge >= 0.3 is 0 Å². The molecule has 2 rings (SSSR count). The van der Waals surface area contributed by atoms with Crippen LogP contribution >= 0.6 is 11.8 Å². The van der Waals surface area contributed by atoms with Gasteiger partial charge in [-0.05, 0) is 24.6 Å². The smallest absolute Gasteiger partial charge is 0.0642 e. The first-order valence-corrected chi connectivity index (χ1v) is 5.37. The minimum atomic E-state index is 0.707. The molecule has 4 heteroatoms. The van der Waals surface area contributed by atoms with Gasteiger partial charge in [-0.3, -0.25) is 9.97 Å². The lowest BCUT2D eigenvalue weighted by Crippen LogP contribution is -1.89. The molecule has 0 amide bonds. The summed E-state index contributed by atoms with van der Waals surface area (Å²) in [6.07, 6.45) is 7.04. The highest BCUT2D eigenvalue weighted by Crippen LogP contribution is 2.32. The Balaban J connectivity index is 2.30. The zero-order valence-corrected chi connectivity index (χ0v) is 9.16. The van der Waals surface area contributed by atoms with Crippen LogP contribution in [0.2, 0.25) is 0 Å². The summed E-state index contributed by atoms with van der Waals surface area (Å²) in [6.45, 7) is 2.03. The van der Waals surface area contributed by atoms with Crippen molar-refractivity contribution in [2.45, 2.75) is 16.7 Å². The van der Waals surface area contributed by atoms with Crippen LogP contribution in [0.25, 0.3) is 0 Å². The highest BCUT2D eigenvalue weighted by atomic mass is 32.2. The third-order valence-electron chi connectivity index (χ3n) is 2.00. The maximum atomic E-state index is 5.82. The molecule has 0 unspecified atom stereocenters. The first-order valence-electron chi connectivity index (χ1n) is 4.55. The van der Waals surface area contributed by atoms with Gasteiger partial charge in [0.25, 0.3) is 0 Å². The average molecular weight is 217 g/mol. The van der Waals surface area contributed by atoms with E-state index in [9.17, 15) is 0 Å². The molecular formula is C11H11N3S. The first kappa shape index (κ1) is 9.98. The van der Waals surface area contributed by atoms with Gasteiger partial charge in [-0.25, -0.2) is 0 Å². The lowest BCUT2D eigenvalue weighted by Gasteiger charge is -2.06. The number of aryl methyl sites for hydroxylation is 1. The molecule has 2 heterocycles. The summed E-state index contributed by atoms with van der Waals surface area (Å²) in [7, 11) is 0. The van der Waals surface area contributed by atoms with Crippen LogP contribution in [0.15, 0.2) is 46.7 Å². The molecule has 2 aromatic rings. The third kappa shape index (κ3) is 2.27. The largest absolute Gasteiger partial charge is 0.397 e. The molecule has 0 radical (unpaired) electrons. The fourth-order valence-corrected chi connectivity index (χ4v) is 2.06. The summed E-state index contributed by atoms with van der Waals surface area (Å²) in [5.41, 5.74) is 7.68. The topological polar surface area (TPSA) is 51.8 Å². The van der Waals surface area contributed by atoms with Crippen LogP contribution in [-0.4, -0.2) is 9.97 Å². The SMILES string of the molecule is Cc1cnccc1Sc1ccncc1N. The number of rotatable bonds is 2. The molecule has 15 heavy (non-hydrogen) atoms. The lowest BCUT2D eigenvalue weighted by molar-refractivity contribution is 1.18. The van der Waals surface area contributed by atoms with Crippen molar-refractivity contribution < 1.29 is 0 Å². The van der Waals surface area contributed by atoms with E-state index in [0.29, 0.717) is 5.69 Å². The minimum Gasteiger partial charge on any atom is -0.397 e. The van der Waals surface area contributed by atoms with Crippen molar-refractivity contribution in [2.75, 3.05) is 5.73 Å². The summed E-state index contributed by atoms with van der Waals surface area (Å²) >= 11 is 1.64. The van der Waals surface area contributed by atoms with E-state index < -0.39 is 0 Å². The maximum Gasteiger partial charge on any atom is 0.0642 e. The van der Waals surface area contributed by atoms with Gasteiger partial charge in [0.15, 0.2) is 0 Å². The van der Waals surface area contributed by atoms with Crippen LogP contribution in [0, 0.1) is 6.92 Å². The van der Waals surface area contributed by atoms with Crippen LogP contribution in [0.1, 0.15) is 5.56 Å². The van der Waals surface area contributed by atoms with E-state index in [1.807, 2.05) is 25.3 Å². The summed E-state index contributed by atoms with van der Waals surface area (Å²) < 4.78 is 0. The predicted molar refractivity (Wildman–Crippen MR) is 61.7 cm³/mol. The van der Waals surface area contributed by atoms with Crippen molar-refractivity contribution in [3.05, 3.63) is 42.5 Å². The standard InChI is InChI=1S/C11H11N3S/c1-8-6-13-4-2-10(8)15-11-3-5-14-7-9(11)12/h2-7H,12H2,1H3. The average Bonchev–Trinajstić information content (AvgIpc) is 2.24. The Hall–Kier alpha value is -1.55. The second kappa shape index (κ2) is 4.31.